The fraction of sp³-hybridized carbons (Fsp3) is 0.417. The van der Waals surface area contributed by atoms with Gasteiger partial charge in [0.25, 0.3) is 5.91 Å². The minimum atomic E-state index is -0.191. The molecule has 0 bridgehead atoms. The van der Waals surface area contributed by atoms with Crippen LogP contribution in [0.15, 0.2) is 18.2 Å². The number of rotatable bonds is 4. The van der Waals surface area contributed by atoms with E-state index >= 15 is 0 Å². The van der Waals surface area contributed by atoms with Gasteiger partial charge in [-0.2, -0.15) is 0 Å². The number of hydrogen-bond acceptors (Lipinski definition) is 3. The maximum absolute atomic E-state index is 11.7. The van der Waals surface area contributed by atoms with E-state index in [1.54, 1.807) is 19.1 Å². The van der Waals surface area contributed by atoms with Gasteiger partial charge in [-0.25, -0.2) is 0 Å². The van der Waals surface area contributed by atoms with E-state index in [9.17, 15) is 9.90 Å². The van der Waals surface area contributed by atoms with Crippen LogP contribution in [0.5, 0.6) is 5.75 Å². The van der Waals surface area contributed by atoms with Crippen molar-refractivity contribution in [1.82, 2.24) is 5.32 Å². The van der Waals surface area contributed by atoms with Crippen molar-refractivity contribution in [2.45, 2.75) is 26.3 Å². The van der Waals surface area contributed by atoms with Gasteiger partial charge in [0.05, 0.1) is 0 Å². The first-order valence-electron chi connectivity index (χ1n) is 5.26. The molecule has 1 aromatic rings. The number of aromatic hydroxyl groups is 1. The number of nitrogens with one attached hydrogen (secondary N) is 1. The lowest BCUT2D eigenvalue weighted by atomic mass is 10.1. The van der Waals surface area contributed by atoms with Gasteiger partial charge in [-0.05, 0) is 44.0 Å². The molecule has 4 heteroatoms. The van der Waals surface area contributed by atoms with Crippen LogP contribution >= 0.6 is 0 Å². The number of hydrogen-bond donors (Lipinski definition) is 3. The Labute approximate surface area is 94.9 Å². The van der Waals surface area contributed by atoms with Crippen molar-refractivity contribution >= 4 is 5.91 Å². The molecule has 0 spiro atoms. The van der Waals surface area contributed by atoms with E-state index in [4.69, 9.17) is 5.11 Å². The van der Waals surface area contributed by atoms with Gasteiger partial charge in [-0.3, -0.25) is 4.79 Å². The number of benzene rings is 1. The normalized spacial score (nSPS) is 12.2. The Balaban J connectivity index is 2.69. The first-order valence-corrected chi connectivity index (χ1v) is 5.26. The van der Waals surface area contributed by atoms with Crippen LogP contribution in [0.4, 0.5) is 0 Å². The molecule has 0 radical (unpaired) electrons. The molecule has 16 heavy (non-hydrogen) atoms. The quantitative estimate of drug-likeness (QED) is 0.718. The number of aryl methyl sites for hydroxylation is 1. The second kappa shape index (κ2) is 5.51. The van der Waals surface area contributed by atoms with Crippen molar-refractivity contribution < 1.29 is 15.0 Å². The highest BCUT2D eigenvalue weighted by molar-refractivity contribution is 5.94. The molecule has 1 rings (SSSR count). The molecule has 88 valence electrons. The highest BCUT2D eigenvalue weighted by Crippen LogP contribution is 2.16. The van der Waals surface area contributed by atoms with E-state index in [1.807, 2.05) is 6.92 Å². The van der Waals surface area contributed by atoms with Crippen LogP contribution in [0.1, 0.15) is 29.3 Å². The van der Waals surface area contributed by atoms with E-state index in [0.717, 1.165) is 0 Å². The topological polar surface area (TPSA) is 69.6 Å². The zero-order valence-corrected chi connectivity index (χ0v) is 9.53. The molecule has 0 saturated heterocycles. The van der Waals surface area contributed by atoms with E-state index < -0.39 is 0 Å². The third-order valence-corrected chi connectivity index (χ3v) is 2.40. The fourth-order valence-electron chi connectivity index (χ4n) is 1.37. The van der Waals surface area contributed by atoms with E-state index in [2.05, 4.69) is 5.32 Å². The molecule has 3 N–H and O–H groups in total. The average molecular weight is 223 g/mol. The maximum Gasteiger partial charge on any atom is 0.251 e. The molecular weight excluding hydrogens is 206 g/mol. The zero-order valence-electron chi connectivity index (χ0n) is 9.53. The van der Waals surface area contributed by atoms with Crippen LogP contribution in [0, 0.1) is 6.92 Å². The SMILES string of the molecule is Cc1cc(C(=O)NC(C)CCO)ccc1O. The predicted octanol–water partition coefficient (Wildman–Crippen LogP) is 1.20. The van der Waals surface area contributed by atoms with Crippen LogP contribution in [-0.2, 0) is 0 Å². The molecule has 1 atom stereocenters. The van der Waals surface area contributed by atoms with Crippen molar-refractivity contribution in [1.29, 1.82) is 0 Å². The monoisotopic (exact) mass is 223 g/mol. The summed E-state index contributed by atoms with van der Waals surface area (Å²) in [5.74, 6) is -0.0102. The summed E-state index contributed by atoms with van der Waals surface area (Å²) in [4.78, 5) is 11.7. The Kier molecular flexibility index (Phi) is 4.31. The van der Waals surface area contributed by atoms with Gasteiger partial charge in [0.1, 0.15) is 5.75 Å². The minimum absolute atomic E-state index is 0.0516. The van der Waals surface area contributed by atoms with Crippen molar-refractivity contribution in [2.75, 3.05) is 6.61 Å². The number of aliphatic hydroxyl groups is 1. The lowest BCUT2D eigenvalue weighted by molar-refractivity contribution is 0.0934. The van der Waals surface area contributed by atoms with Crippen LogP contribution in [-0.4, -0.2) is 28.8 Å². The smallest absolute Gasteiger partial charge is 0.251 e. The minimum Gasteiger partial charge on any atom is -0.508 e. The Morgan fingerprint density at radius 3 is 2.75 bits per heavy atom. The number of phenolic OH excluding ortho intramolecular Hbond substituents is 1. The Bertz CT molecular complexity index is 377. The van der Waals surface area contributed by atoms with Gasteiger partial charge in [0.15, 0.2) is 0 Å². The first kappa shape index (κ1) is 12.5. The van der Waals surface area contributed by atoms with Gasteiger partial charge in [-0.15, -0.1) is 0 Å². The summed E-state index contributed by atoms with van der Waals surface area (Å²) in [6, 6.07) is 4.65. The molecule has 0 aliphatic heterocycles. The number of carbonyl (C=O) groups is 1. The summed E-state index contributed by atoms with van der Waals surface area (Å²) in [5.41, 5.74) is 1.18. The highest BCUT2D eigenvalue weighted by atomic mass is 16.3. The lowest BCUT2D eigenvalue weighted by Crippen LogP contribution is -2.33. The van der Waals surface area contributed by atoms with Crippen molar-refractivity contribution in [3.8, 4) is 5.75 Å². The molecule has 1 amide bonds. The third kappa shape index (κ3) is 3.24. The van der Waals surface area contributed by atoms with Crippen molar-refractivity contribution in [2.24, 2.45) is 0 Å². The summed E-state index contributed by atoms with van der Waals surface area (Å²) < 4.78 is 0. The largest absolute Gasteiger partial charge is 0.508 e. The third-order valence-electron chi connectivity index (χ3n) is 2.40. The molecule has 0 aliphatic carbocycles. The van der Waals surface area contributed by atoms with Gasteiger partial charge < -0.3 is 15.5 Å². The van der Waals surface area contributed by atoms with Gasteiger partial charge in [0.2, 0.25) is 0 Å². The van der Waals surface area contributed by atoms with Crippen LogP contribution in [0.25, 0.3) is 0 Å². The molecule has 0 aliphatic rings. The van der Waals surface area contributed by atoms with E-state index in [1.165, 1.54) is 6.07 Å². The van der Waals surface area contributed by atoms with Crippen LogP contribution in [0.2, 0.25) is 0 Å². The van der Waals surface area contributed by atoms with E-state index in [-0.39, 0.29) is 24.3 Å². The summed E-state index contributed by atoms with van der Waals surface area (Å²) >= 11 is 0. The predicted molar refractivity (Wildman–Crippen MR) is 61.5 cm³/mol. The van der Waals surface area contributed by atoms with Gasteiger partial charge in [-0.1, -0.05) is 0 Å². The van der Waals surface area contributed by atoms with E-state index in [0.29, 0.717) is 17.5 Å². The second-order valence-electron chi connectivity index (χ2n) is 3.89. The first-order chi connectivity index (χ1) is 7.54. The van der Waals surface area contributed by atoms with Crippen molar-refractivity contribution in [3.63, 3.8) is 0 Å². The lowest BCUT2D eigenvalue weighted by Gasteiger charge is -2.12. The Hall–Kier alpha value is -1.55. The van der Waals surface area contributed by atoms with Gasteiger partial charge >= 0.3 is 0 Å². The molecule has 0 saturated carbocycles. The molecule has 0 fully saturated rings. The van der Waals surface area contributed by atoms with Crippen molar-refractivity contribution in [3.05, 3.63) is 29.3 Å². The summed E-state index contributed by atoms with van der Waals surface area (Å²) in [6.07, 6.45) is 0.531. The number of carbonyl (C=O) groups excluding carboxylic acids is 1. The molecule has 4 nitrogen and oxygen atoms in total. The number of amides is 1. The molecule has 1 unspecified atom stereocenters. The molecule has 0 aromatic heterocycles. The van der Waals surface area contributed by atoms with Crippen LogP contribution in [0.3, 0.4) is 0 Å². The van der Waals surface area contributed by atoms with Crippen LogP contribution < -0.4 is 5.32 Å². The molecular formula is C12H17NO3. The average Bonchev–Trinajstić information content (AvgIpc) is 2.22. The maximum atomic E-state index is 11.7. The zero-order chi connectivity index (χ0) is 12.1. The Morgan fingerprint density at radius 1 is 1.50 bits per heavy atom. The summed E-state index contributed by atoms with van der Waals surface area (Å²) in [6.45, 7) is 3.63. The number of aliphatic hydroxyl groups excluding tert-OH is 1. The molecule has 0 heterocycles. The van der Waals surface area contributed by atoms with Gasteiger partial charge in [0, 0.05) is 18.2 Å². The second-order valence-corrected chi connectivity index (χ2v) is 3.89. The Morgan fingerprint density at radius 2 is 2.19 bits per heavy atom. The highest BCUT2D eigenvalue weighted by Gasteiger charge is 2.10. The fourth-order valence-corrected chi connectivity index (χ4v) is 1.37. The standard InChI is InChI=1S/C12H17NO3/c1-8-7-10(3-4-11(8)15)12(16)13-9(2)5-6-14/h3-4,7,9,14-15H,5-6H2,1-2H3,(H,13,16). The summed E-state index contributed by atoms with van der Waals surface area (Å²) in [5, 5.41) is 20.8. The number of phenols is 1. The molecule has 1 aromatic carbocycles. The summed E-state index contributed by atoms with van der Waals surface area (Å²) in [7, 11) is 0.